The van der Waals surface area contributed by atoms with Gasteiger partial charge in [-0.25, -0.2) is 0 Å². The number of ether oxygens (including phenoxy) is 1. The first-order valence-electron chi connectivity index (χ1n) is 4.67. The molecule has 0 aromatic heterocycles. The van der Waals surface area contributed by atoms with Gasteiger partial charge in [0.2, 0.25) is 0 Å². The molecule has 0 unspecified atom stereocenters. The van der Waals surface area contributed by atoms with Gasteiger partial charge < -0.3 is 10.1 Å². The highest BCUT2D eigenvalue weighted by Gasteiger charge is 2.08. The van der Waals surface area contributed by atoms with Crippen LogP contribution in [0.1, 0.15) is 5.56 Å². The van der Waals surface area contributed by atoms with E-state index in [2.05, 4.69) is 5.32 Å². The Hall–Kier alpha value is -1.62. The highest BCUT2D eigenvalue weighted by atomic mass is 16.6. The summed E-state index contributed by atoms with van der Waals surface area (Å²) in [6.07, 6.45) is 0. The van der Waals surface area contributed by atoms with Crippen molar-refractivity contribution < 1.29 is 9.66 Å². The van der Waals surface area contributed by atoms with Gasteiger partial charge in [0.1, 0.15) is 12.4 Å². The Morgan fingerprint density at radius 2 is 2.27 bits per heavy atom. The van der Waals surface area contributed by atoms with Gasteiger partial charge in [0.15, 0.2) is 0 Å². The largest absolute Gasteiger partial charge is 0.492 e. The van der Waals surface area contributed by atoms with Gasteiger partial charge in [0, 0.05) is 12.6 Å². The monoisotopic (exact) mass is 210 g/mol. The molecule has 1 N–H and O–H groups in total. The van der Waals surface area contributed by atoms with Gasteiger partial charge in [0.05, 0.1) is 11.0 Å². The van der Waals surface area contributed by atoms with Crippen molar-refractivity contribution in [1.29, 1.82) is 0 Å². The van der Waals surface area contributed by atoms with Crippen LogP contribution in [0.4, 0.5) is 5.69 Å². The zero-order valence-corrected chi connectivity index (χ0v) is 8.82. The summed E-state index contributed by atoms with van der Waals surface area (Å²) in [7, 11) is 1.82. The van der Waals surface area contributed by atoms with Crippen molar-refractivity contribution in [3.63, 3.8) is 0 Å². The molecule has 0 aliphatic heterocycles. The molecule has 0 saturated carbocycles. The molecule has 0 aliphatic rings. The van der Waals surface area contributed by atoms with E-state index in [9.17, 15) is 10.1 Å². The van der Waals surface area contributed by atoms with Crippen molar-refractivity contribution in [2.75, 3.05) is 20.2 Å². The molecule has 15 heavy (non-hydrogen) atoms. The van der Waals surface area contributed by atoms with E-state index in [0.29, 0.717) is 18.9 Å². The molecule has 0 bridgehead atoms. The summed E-state index contributed by atoms with van der Waals surface area (Å²) in [6.45, 7) is 3.07. The molecule has 0 amide bonds. The van der Waals surface area contributed by atoms with Crippen LogP contribution in [0.2, 0.25) is 0 Å². The predicted octanol–water partition coefficient (Wildman–Crippen LogP) is 1.50. The second kappa shape index (κ2) is 5.31. The molecule has 5 nitrogen and oxygen atoms in total. The number of likely N-dealkylation sites (N-methyl/N-ethyl adjacent to an activating group) is 1. The van der Waals surface area contributed by atoms with Gasteiger partial charge >= 0.3 is 0 Å². The number of nitro groups is 1. The smallest absolute Gasteiger partial charge is 0.273 e. The number of benzene rings is 1. The van der Waals surface area contributed by atoms with Crippen LogP contribution in [0.3, 0.4) is 0 Å². The average molecular weight is 210 g/mol. The van der Waals surface area contributed by atoms with Gasteiger partial charge in [-0.3, -0.25) is 10.1 Å². The molecule has 82 valence electrons. The maximum Gasteiger partial charge on any atom is 0.273 e. The number of nitrogens with zero attached hydrogens (tertiary/aromatic N) is 1. The second-order valence-corrected chi connectivity index (χ2v) is 3.16. The van der Waals surface area contributed by atoms with E-state index in [4.69, 9.17) is 4.74 Å². The molecular weight excluding hydrogens is 196 g/mol. The van der Waals surface area contributed by atoms with E-state index in [1.807, 2.05) is 14.0 Å². The first-order valence-corrected chi connectivity index (χ1v) is 4.67. The zero-order valence-electron chi connectivity index (χ0n) is 8.82. The minimum atomic E-state index is -0.426. The summed E-state index contributed by atoms with van der Waals surface area (Å²) in [4.78, 5) is 10.1. The van der Waals surface area contributed by atoms with Crippen molar-refractivity contribution in [2.24, 2.45) is 0 Å². The Morgan fingerprint density at radius 3 is 2.87 bits per heavy atom. The Labute approximate surface area is 88.2 Å². The lowest BCUT2D eigenvalue weighted by Crippen LogP contribution is -2.16. The highest BCUT2D eigenvalue weighted by Crippen LogP contribution is 2.23. The van der Waals surface area contributed by atoms with Gasteiger partial charge in [0.25, 0.3) is 5.69 Å². The van der Waals surface area contributed by atoms with Crippen molar-refractivity contribution in [3.05, 3.63) is 33.9 Å². The molecule has 0 spiro atoms. The molecule has 0 saturated heterocycles. The maximum atomic E-state index is 10.5. The van der Waals surface area contributed by atoms with E-state index < -0.39 is 4.92 Å². The van der Waals surface area contributed by atoms with E-state index in [1.165, 1.54) is 12.1 Å². The van der Waals surface area contributed by atoms with E-state index in [1.54, 1.807) is 6.07 Å². The SMILES string of the molecule is CNCCOc1cc([N+](=O)[O-])ccc1C. The third-order valence-electron chi connectivity index (χ3n) is 1.99. The minimum absolute atomic E-state index is 0.0556. The first-order chi connectivity index (χ1) is 7.15. The van der Waals surface area contributed by atoms with Crippen LogP contribution in [-0.4, -0.2) is 25.1 Å². The van der Waals surface area contributed by atoms with Crippen molar-refractivity contribution in [1.82, 2.24) is 5.32 Å². The Balaban J connectivity index is 2.76. The third kappa shape index (κ3) is 3.21. The number of hydrogen-bond acceptors (Lipinski definition) is 4. The number of aryl methyl sites for hydroxylation is 1. The van der Waals surface area contributed by atoms with Gasteiger partial charge in [-0.1, -0.05) is 0 Å². The number of non-ortho nitro benzene ring substituents is 1. The predicted molar refractivity (Wildman–Crippen MR) is 57.3 cm³/mol. The van der Waals surface area contributed by atoms with Gasteiger partial charge in [-0.05, 0) is 25.6 Å². The third-order valence-corrected chi connectivity index (χ3v) is 1.99. The lowest BCUT2D eigenvalue weighted by atomic mass is 10.2. The molecule has 1 aromatic rings. The van der Waals surface area contributed by atoms with Crippen LogP contribution in [0.15, 0.2) is 18.2 Å². The van der Waals surface area contributed by atoms with Gasteiger partial charge in [-0.15, -0.1) is 0 Å². The van der Waals surface area contributed by atoms with Crippen LogP contribution in [-0.2, 0) is 0 Å². The molecular formula is C10H14N2O3. The molecule has 0 heterocycles. The first kappa shape index (κ1) is 11.5. The number of nitrogens with one attached hydrogen (secondary N) is 1. The summed E-state index contributed by atoms with van der Waals surface area (Å²) in [5.74, 6) is 0.569. The molecule has 0 radical (unpaired) electrons. The van der Waals surface area contributed by atoms with Crippen LogP contribution >= 0.6 is 0 Å². The fourth-order valence-electron chi connectivity index (χ4n) is 1.12. The van der Waals surface area contributed by atoms with Crippen LogP contribution in [0.25, 0.3) is 0 Å². The van der Waals surface area contributed by atoms with Crippen molar-refractivity contribution in [3.8, 4) is 5.75 Å². The fraction of sp³-hybridized carbons (Fsp3) is 0.400. The lowest BCUT2D eigenvalue weighted by Gasteiger charge is -2.08. The number of rotatable bonds is 5. The number of hydrogen-bond donors (Lipinski definition) is 1. The molecule has 5 heteroatoms. The lowest BCUT2D eigenvalue weighted by molar-refractivity contribution is -0.384. The zero-order chi connectivity index (χ0) is 11.3. The van der Waals surface area contributed by atoms with E-state index >= 15 is 0 Å². The van der Waals surface area contributed by atoms with Crippen molar-refractivity contribution in [2.45, 2.75) is 6.92 Å². The Morgan fingerprint density at radius 1 is 1.53 bits per heavy atom. The molecule has 0 fully saturated rings. The van der Waals surface area contributed by atoms with Crippen LogP contribution < -0.4 is 10.1 Å². The van der Waals surface area contributed by atoms with Crippen molar-refractivity contribution >= 4 is 5.69 Å². The summed E-state index contributed by atoms with van der Waals surface area (Å²) in [6, 6.07) is 4.61. The summed E-state index contributed by atoms with van der Waals surface area (Å²) < 4.78 is 5.40. The Bertz CT molecular complexity index is 353. The molecule has 0 aliphatic carbocycles. The maximum absolute atomic E-state index is 10.5. The molecule has 1 aromatic carbocycles. The highest BCUT2D eigenvalue weighted by molar-refractivity contribution is 5.43. The fourth-order valence-corrected chi connectivity index (χ4v) is 1.12. The standard InChI is InChI=1S/C10H14N2O3/c1-8-3-4-9(12(13)14)7-10(8)15-6-5-11-2/h3-4,7,11H,5-6H2,1-2H3. The van der Waals surface area contributed by atoms with Crippen LogP contribution in [0, 0.1) is 17.0 Å². The van der Waals surface area contributed by atoms with E-state index in [-0.39, 0.29) is 5.69 Å². The normalized spacial score (nSPS) is 10.0. The summed E-state index contributed by atoms with van der Waals surface area (Å²) >= 11 is 0. The van der Waals surface area contributed by atoms with Gasteiger partial charge in [-0.2, -0.15) is 0 Å². The second-order valence-electron chi connectivity index (χ2n) is 3.16. The summed E-state index contributed by atoms with van der Waals surface area (Å²) in [5.41, 5.74) is 0.955. The quantitative estimate of drug-likeness (QED) is 0.454. The van der Waals surface area contributed by atoms with Crippen LogP contribution in [0.5, 0.6) is 5.75 Å². The summed E-state index contributed by atoms with van der Waals surface area (Å²) in [5, 5.41) is 13.5. The molecule has 0 atom stereocenters. The average Bonchev–Trinajstić information content (AvgIpc) is 2.20. The topological polar surface area (TPSA) is 64.4 Å². The minimum Gasteiger partial charge on any atom is -0.492 e. The molecule has 1 rings (SSSR count). The Kier molecular flexibility index (Phi) is 4.05. The number of nitro benzene ring substituents is 1. The van der Waals surface area contributed by atoms with E-state index in [0.717, 1.165) is 5.56 Å².